The van der Waals surface area contributed by atoms with Gasteiger partial charge in [-0.1, -0.05) is 0 Å². The minimum atomic E-state index is -3.78. The Morgan fingerprint density at radius 3 is 2.59 bits per heavy atom. The third-order valence-corrected chi connectivity index (χ3v) is 4.23. The summed E-state index contributed by atoms with van der Waals surface area (Å²) in [6.45, 7) is -0.716. The zero-order valence-electron chi connectivity index (χ0n) is 8.52. The summed E-state index contributed by atoms with van der Waals surface area (Å²) in [6.07, 6.45) is -2.75. The molecule has 0 atom stereocenters. The second-order valence-corrected chi connectivity index (χ2v) is 6.09. The molecule has 0 aliphatic rings. The predicted octanol–water partition coefficient (Wildman–Crippen LogP) is 0.319. The van der Waals surface area contributed by atoms with Gasteiger partial charge in [-0.05, 0) is 12.1 Å². The molecular formula is C8H10F2N2O3S2. The molecule has 0 saturated carbocycles. The molecule has 0 fully saturated rings. The number of nitrogens with two attached hydrogens (primary N) is 1. The summed E-state index contributed by atoms with van der Waals surface area (Å²) in [7, 11) is -3.78. The summed E-state index contributed by atoms with van der Waals surface area (Å²) in [4.78, 5) is 11.6. The van der Waals surface area contributed by atoms with Gasteiger partial charge in [0.1, 0.15) is 4.21 Å². The van der Waals surface area contributed by atoms with Crippen LogP contribution in [0, 0.1) is 0 Å². The van der Waals surface area contributed by atoms with Crippen LogP contribution in [0.4, 0.5) is 8.78 Å². The zero-order chi connectivity index (χ0) is 13.1. The van der Waals surface area contributed by atoms with Crippen LogP contribution in [0.15, 0.2) is 16.3 Å². The average Bonchev–Trinajstić information content (AvgIpc) is 2.62. The molecule has 0 bridgehead atoms. The van der Waals surface area contributed by atoms with Crippen LogP contribution >= 0.6 is 11.3 Å². The molecule has 0 saturated heterocycles. The maximum Gasteiger partial charge on any atom is 0.255 e. The van der Waals surface area contributed by atoms with Gasteiger partial charge in [0.15, 0.2) is 0 Å². The van der Waals surface area contributed by atoms with Crippen LogP contribution in [0.2, 0.25) is 0 Å². The first-order valence-corrected chi connectivity index (χ1v) is 6.81. The maximum atomic E-state index is 11.8. The highest BCUT2D eigenvalue weighted by molar-refractivity contribution is 7.91. The van der Waals surface area contributed by atoms with Crippen LogP contribution in [-0.4, -0.2) is 27.3 Å². The Morgan fingerprint density at radius 1 is 1.47 bits per heavy atom. The van der Waals surface area contributed by atoms with Crippen molar-refractivity contribution in [1.29, 1.82) is 0 Å². The molecule has 0 aromatic carbocycles. The van der Waals surface area contributed by atoms with Crippen LogP contribution in [0.25, 0.3) is 0 Å². The van der Waals surface area contributed by atoms with Crippen molar-refractivity contribution in [2.45, 2.75) is 17.1 Å². The topological polar surface area (TPSA) is 89.3 Å². The zero-order valence-corrected chi connectivity index (χ0v) is 10.2. The Kier molecular flexibility index (Phi) is 4.54. The van der Waals surface area contributed by atoms with Gasteiger partial charge in [-0.2, -0.15) is 0 Å². The van der Waals surface area contributed by atoms with Gasteiger partial charge in [0.25, 0.3) is 6.43 Å². The maximum absolute atomic E-state index is 11.8. The van der Waals surface area contributed by atoms with Crippen LogP contribution in [-0.2, 0) is 21.2 Å². The molecule has 1 aromatic heterocycles. The third-order valence-electron chi connectivity index (χ3n) is 1.71. The van der Waals surface area contributed by atoms with Crippen LogP contribution in [0.5, 0.6) is 0 Å². The van der Waals surface area contributed by atoms with E-state index in [9.17, 15) is 22.0 Å². The molecule has 0 aliphatic carbocycles. The van der Waals surface area contributed by atoms with Crippen molar-refractivity contribution in [3.05, 3.63) is 17.0 Å². The molecule has 1 rings (SSSR count). The van der Waals surface area contributed by atoms with E-state index < -0.39 is 28.9 Å². The highest BCUT2D eigenvalue weighted by atomic mass is 32.2. The molecule has 9 heteroatoms. The summed E-state index contributed by atoms with van der Waals surface area (Å²) < 4.78 is 45.4. The summed E-state index contributed by atoms with van der Waals surface area (Å²) >= 11 is 0.841. The van der Waals surface area contributed by atoms with E-state index in [0.29, 0.717) is 4.88 Å². The minimum absolute atomic E-state index is 0.0610. The largest absolute Gasteiger partial charge is 0.350 e. The van der Waals surface area contributed by atoms with Gasteiger partial charge in [0, 0.05) is 4.88 Å². The number of halogens is 2. The number of carbonyl (C=O) groups excluding carboxylic acids is 1. The molecule has 5 nitrogen and oxygen atoms in total. The standard InChI is InChI=1S/C8H10F2N2O3S2/c9-6(10)4-12-7(13)3-5-1-2-8(16-5)17(11,14)15/h1-2,6H,3-4H2,(H,12,13)(H2,11,14,15). The molecular weight excluding hydrogens is 274 g/mol. The number of nitrogens with one attached hydrogen (secondary N) is 1. The van der Waals surface area contributed by atoms with E-state index in [0.717, 1.165) is 11.3 Å². The number of primary sulfonamides is 1. The second-order valence-electron chi connectivity index (χ2n) is 3.14. The fourth-order valence-corrected chi connectivity index (χ4v) is 2.80. The normalized spacial score (nSPS) is 11.8. The second kappa shape index (κ2) is 5.52. The molecule has 1 amide bonds. The number of rotatable bonds is 5. The van der Waals surface area contributed by atoms with Gasteiger partial charge >= 0.3 is 0 Å². The molecule has 0 aliphatic heterocycles. The van der Waals surface area contributed by atoms with E-state index >= 15 is 0 Å². The Balaban J connectivity index is 2.58. The predicted molar refractivity (Wildman–Crippen MR) is 58.4 cm³/mol. The monoisotopic (exact) mass is 284 g/mol. The fourth-order valence-electron chi connectivity index (χ4n) is 1.02. The lowest BCUT2D eigenvalue weighted by Gasteiger charge is -2.02. The van der Waals surface area contributed by atoms with Gasteiger partial charge in [0.05, 0.1) is 13.0 Å². The van der Waals surface area contributed by atoms with Crippen molar-refractivity contribution in [3.8, 4) is 0 Å². The van der Waals surface area contributed by atoms with E-state index in [4.69, 9.17) is 5.14 Å². The molecule has 17 heavy (non-hydrogen) atoms. The van der Waals surface area contributed by atoms with Crippen molar-refractivity contribution in [2.75, 3.05) is 6.54 Å². The lowest BCUT2D eigenvalue weighted by Crippen LogP contribution is -2.29. The molecule has 1 heterocycles. The molecule has 0 unspecified atom stereocenters. The summed E-state index contributed by atoms with van der Waals surface area (Å²) in [5.74, 6) is -0.590. The number of alkyl halides is 2. The first kappa shape index (κ1) is 14.0. The highest BCUT2D eigenvalue weighted by Gasteiger charge is 2.13. The SMILES string of the molecule is NS(=O)(=O)c1ccc(CC(=O)NCC(F)F)s1. The van der Waals surface area contributed by atoms with Crippen LogP contribution in [0.1, 0.15) is 4.88 Å². The highest BCUT2D eigenvalue weighted by Crippen LogP contribution is 2.20. The van der Waals surface area contributed by atoms with E-state index in [-0.39, 0.29) is 10.6 Å². The van der Waals surface area contributed by atoms with Crippen molar-refractivity contribution in [1.82, 2.24) is 5.32 Å². The van der Waals surface area contributed by atoms with Gasteiger partial charge in [-0.15, -0.1) is 11.3 Å². The number of carbonyl (C=O) groups is 1. The summed E-state index contributed by atoms with van der Waals surface area (Å²) in [6, 6.07) is 2.70. The van der Waals surface area contributed by atoms with Gasteiger partial charge < -0.3 is 5.32 Å². The number of hydrogen-bond acceptors (Lipinski definition) is 4. The molecule has 1 aromatic rings. The average molecular weight is 284 g/mol. The lowest BCUT2D eigenvalue weighted by atomic mass is 10.3. The number of amides is 1. The van der Waals surface area contributed by atoms with Gasteiger partial charge in [-0.3, -0.25) is 4.79 Å². The van der Waals surface area contributed by atoms with Gasteiger partial charge in [-0.25, -0.2) is 22.3 Å². The summed E-state index contributed by atoms with van der Waals surface area (Å²) in [5.41, 5.74) is 0. The minimum Gasteiger partial charge on any atom is -0.350 e. The van der Waals surface area contributed by atoms with Crippen LogP contribution < -0.4 is 10.5 Å². The molecule has 3 N–H and O–H groups in total. The van der Waals surface area contributed by atoms with Crippen molar-refractivity contribution in [2.24, 2.45) is 5.14 Å². The Labute approximate surface area is 101 Å². The van der Waals surface area contributed by atoms with E-state index in [1.807, 2.05) is 5.32 Å². The molecule has 96 valence electrons. The fraction of sp³-hybridized carbons (Fsp3) is 0.375. The van der Waals surface area contributed by atoms with E-state index in [2.05, 4.69) is 0 Å². The first-order chi connectivity index (χ1) is 7.79. The quantitative estimate of drug-likeness (QED) is 0.816. The first-order valence-electron chi connectivity index (χ1n) is 4.45. The molecule has 0 radical (unpaired) electrons. The third kappa shape index (κ3) is 4.75. The number of sulfonamides is 1. The Morgan fingerprint density at radius 2 is 2.12 bits per heavy atom. The van der Waals surface area contributed by atoms with Crippen molar-refractivity contribution >= 4 is 27.3 Å². The van der Waals surface area contributed by atoms with Crippen molar-refractivity contribution < 1.29 is 22.0 Å². The van der Waals surface area contributed by atoms with Crippen molar-refractivity contribution in [3.63, 3.8) is 0 Å². The Bertz CT molecular complexity index is 499. The number of thiophene rings is 1. The van der Waals surface area contributed by atoms with Gasteiger partial charge in [0.2, 0.25) is 15.9 Å². The summed E-state index contributed by atoms with van der Waals surface area (Å²) in [5, 5.41) is 6.90. The lowest BCUT2D eigenvalue weighted by molar-refractivity contribution is -0.121. The van der Waals surface area contributed by atoms with Crippen LogP contribution in [0.3, 0.4) is 0 Å². The number of hydrogen-bond donors (Lipinski definition) is 2. The van der Waals surface area contributed by atoms with E-state index in [1.165, 1.54) is 12.1 Å². The van der Waals surface area contributed by atoms with E-state index in [1.54, 1.807) is 0 Å². The smallest absolute Gasteiger partial charge is 0.255 e. The molecule has 0 spiro atoms. The Hall–Kier alpha value is -1.06.